The van der Waals surface area contributed by atoms with Gasteiger partial charge in [-0.2, -0.15) is 0 Å². The van der Waals surface area contributed by atoms with E-state index in [2.05, 4.69) is 73.6 Å². The smallest absolute Gasteiger partial charge is 0.180 e. The highest BCUT2D eigenvalue weighted by atomic mass is 15.2. The van der Waals surface area contributed by atoms with E-state index < -0.39 is 0 Å². The van der Waals surface area contributed by atoms with E-state index in [1.165, 1.54) is 11.1 Å². The Hall–Kier alpha value is -3.75. The maximum Gasteiger partial charge on any atom is 0.180 e. The van der Waals surface area contributed by atoms with Gasteiger partial charge in [-0.1, -0.05) is 30.3 Å². The molecule has 0 unspecified atom stereocenters. The highest BCUT2D eigenvalue weighted by molar-refractivity contribution is 5.56. The fourth-order valence-corrected chi connectivity index (χ4v) is 4.40. The van der Waals surface area contributed by atoms with Gasteiger partial charge in [-0.3, -0.25) is 4.90 Å². The molecule has 2 N–H and O–H groups in total. The van der Waals surface area contributed by atoms with Crippen molar-refractivity contribution in [2.45, 2.75) is 45.8 Å². The van der Waals surface area contributed by atoms with Crippen molar-refractivity contribution >= 4 is 11.6 Å². The van der Waals surface area contributed by atoms with Gasteiger partial charge in [0.2, 0.25) is 0 Å². The lowest BCUT2D eigenvalue weighted by atomic mass is 10.1. The van der Waals surface area contributed by atoms with Crippen LogP contribution in [0.15, 0.2) is 67.0 Å². The van der Waals surface area contributed by atoms with E-state index in [0.29, 0.717) is 36.0 Å². The van der Waals surface area contributed by atoms with Gasteiger partial charge in [-0.15, -0.1) is 0 Å². The fraction of sp³-hybridized carbons (Fsp3) is 0.321. The Labute approximate surface area is 212 Å². The third-order valence-corrected chi connectivity index (χ3v) is 6.40. The van der Waals surface area contributed by atoms with E-state index in [9.17, 15) is 0 Å². The van der Waals surface area contributed by atoms with Crippen LogP contribution in [0.2, 0.25) is 0 Å². The summed E-state index contributed by atoms with van der Waals surface area (Å²) < 4.78 is 0. The molecule has 1 aliphatic rings. The highest BCUT2D eigenvalue weighted by Crippen LogP contribution is 2.18. The van der Waals surface area contributed by atoms with E-state index >= 15 is 0 Å². The second kappa shape index (κ2) is 10.9. The SMILES string of the molecule is Cc1cccc(-c2nccc(Nc3ccnc(Cc4ccc(CN5C[C@@H](C)NC[C@H]5C)cc4)n3)n2)n1. The van der Waals surface area contributed by atoms with Gasteiger partial charge in [0, 0.05) is 56.2 Å². The average Bonchev–Trinajstić information content (AvgIpc) is 2.88. The summed E-state index contributed by atoms with van der Waals surface area (Å²) in [7, 11) is 0. The quantitative estimate of drug-likeness (QED) is 0.408. The summed E-state index contributed by atoms with van der Waals surface area (Å²) in [5.74, 6) is 2.68. The minimum absolute atomic E-state index is 0.534. The van der Waals surface area contributed by atoms with Gasteiger partial charge in [0.1, 0.15) is 23.2 Å². The summed E-state index contributed by atoms with van der Waals surface area (Å²) in [6.07, 6.45) is 4.16. The van der Waals surface area contributed by atoms with Gasteiger partial charge in [-0.05, 0) is 56.2 Å². The van der Waals surface area contributed by atoms with Gasteiger partial charge < -0.3 is 10.6 Å². The Morgan fingerprint density at radius 1 is 0.889 bits per heavy atom. The van der Waals surface area contributed by atoms with Crippen LogP contribution in [-0.2, 0) is 13.0 Å². The van der Waals surface area contributed by atoms with E-state index in [1.807, 2.05) is 37.3 Å². The van der Waals surface area contributed by atoms with E-state index in [4.69, 9.17) is 4.98 Å². The van der Waals surface area contributed by atoms with Crippen molar-refractivity contribution in [3.05, 3.63) is 89.6 Å². The molecule has 2 atom stereocenters. The molecule has 0 radical (unpaired) electrons. The number of hydrogen-bond donors (Lipinski definition) is 2. The van der Waals surface area contributed by atoms with Crippen LogP contribution in [0.5, 0.6) is 0 Å². The van der Waals surface area contributed by atoms with E-state index in [1.54, 1.807) is 12.4 Å². The topological polar surface area (TPSA) is 91.8 Å². The molecule has 4 heterocycles. The molecule has 1 aromatic carbocycles. The Morgan fingerprint density at radius 3 is 2.44 bits per heavy atom. The van der Waals surface area contributed by atoms with Crippen LogP contribution < -0.4 is 10.6 Å². The third kappa shape index (κ3) is 6.08. The first-order valence-corrected chi connectivity index (χ1v) is 12.4. The molecule has 8 nitrogen and oxygen atoms in total. The van der Waals surface area contributed by atoms with Crippen molar-refractivity contribution in [3.8, 4) is 11.5 Å². The molecular weight excluding hydrogens is 448 g/mol. The lowest BCUT2D eigenvalue weighted by Crippen LogP contribution is -2.53. The zero-order valence-corrected chi connectivity index (χ0v) is 21.0. The van der Waals surface area contributed by atoms with Crippen LogP contribution in [0.3, 0.4) is 0 Å². The van der Waals surface area contributed by atoms with Crippen molar-refractivity contribution in [1.82, 2.24) is 35.1 Å². The number of nitrogens with zero attached hydrogens (tertiary/aromatic N) is 6. The normalized spacial score (nSPS) is 18.2. The Morgan fingerprint density at radius 2 is 1.64 bits per heavy atom. The number of aromatic nitrogens is 5. The number of nitrogens with one attached hydrogen (secondary N) is 2. The summed E-state index contributed by atoms with van der Waals surface area (Å²) in [6, 6.07) is 19.4. The summed E-state index contributed by atoms with van der Waals surface area (Å²) in [5.41, 5.74) is 4.19. The second-order valence-electron chi connectivity index (χ2n) is 9.49. The van der Waals surface area contributed by atoms with Crippen LogP contribution in [0.25, 0.3) is 11.5 Å². The van der Waals surface area contributed by atoms with Crippen LogP contribution in [0.4, 0.5) is 11.6 Å². The van der Waals surface area contributed by atoms with Crippen molar-refractivity contribution in [3.63, 3.8) is 0 Å². The number of anilines is 2. The number of pyridine rings is 1. The molecule has 4 aromatic rings. The number of aryl methyl sites for hydroxylation is 1. The molecule has 3 aromatic heterocycles. The third-order valence-electron chi connectivity index (χ3n) is 6.40. The van der Waals surface area contributed by atoms with Gasteiger partial charge >= 0.3 is 0 Å². The maximum absolute atomic E-state index is 4.70. The zero-order valence-electron chi connectivity index (χ0n) is 21.0. The molecule has 0 spiro atoms. The number of hydrogen-bond acceptors (Lipinski definition) is 8. The van der Waals surface area contributed by atoms with Crippen LogP contribution >= 0.6 is 0 Å². The van der Waals surface area contributed by atoms with Crippen molar-refractivity contribution in [1.29, 1.82) is 0 Å². The predicted octanol–water partition coefficient (Wildman–Crippen LogP) is 4.15. The molecule has 1 aliphatic heterocycles. The monoisotopic (exact) mass is 480 g/mol. The molecule has 184 valence electrons. The molecular formula is C28H32N8. The molecule has 0 aliphatic carbocycles. The summed E-state index contributed by atoms with van der Waals surface area (Å²) in [6.45, 7) is 9.58. The molecule has 1 saturated heterocycles. The second-order valence-corrected chi connectivity index (χ2v) is 9.49. The maximum atomic E-state index is 4.70. The predicted molar refractivity (Wildman–Crippen MR) is 142 cm³/mol. The first kappa shape index (κ1) is 24.0. The zero-order chi connectivity index (χ0) is 24.9. The van der Waals surface area contributed by atoms with Crippen LogP contribution in [0.1, 0.15) is 36.5 Å². The average molecular weight is 481 g/mol. The van der Waals surface area contributed by atoms with Gasteiger partial charge in [0.25, 0.3) is 0 Å². The van der Waals surface area contributed by atoms with Gasteiger partial charge in [0.15, 0.2) is 5.82 Å². The Kier molecular flexibility index (Phi) is 7.25. The van der Waals surface area contributed by atoms with E-state index in [-0.39, 0.29) is 0 Å². The molecule has 8 heteroatoms. The first-order chi connectivity index (χ1) is 17.5. The summed E-state index contributed by atoms with van der Waals surface area (Å²) >= 11 is 0. The van der Waals surface area contributed by atoms with Crippen LogP contribution in [-0.4, -0.2) is 55.0 Å². The molecule has 0 bridgehead atoms. The van der Waals surface area contributed by atoms with Crippen LogP contribution in [0, 0.1) is 6.92 Å². The lowest BCUT2D eigenvalue weighted by Gasteiger charge is -2.37. The van der Waals surface area contributed by atoms with E-state index in [0.717, 1.165) is 36.8 Å². The number of piperazine rings is 1. The summed E-state index contributed by atoms with van der Waals surface area (Å²) in [4.78, 5) is 25.2. The largest absolute Gasteiger partial charge is 0.325 e. The minimum atomic E-state index is 0.534. The minimum Gasteiger partial charge on any atom is -0.325 e. The van der Waals surface area contributed by atoms with Gasteiger partial charge in [0.05, 0.1) is 0 Å². The summed E-state index contributed by atoms with van der Waals surface area (Å²) in [5, 5.41) is 6.82. The lowest BCUT2D eigenvalue weighted by molar-refractivity contribution is 0.139. The standard InChI is InChI=1S/C28H32N8/c1-19-5-4-6-24(32-19)28-30-14-12-26(35-28)33-25-11-13-29-27(34-25)15-22-7-9-23(10-8-22)18-36-17-20(2)31-16-21(36)3/h4-14,20-21,31H,15-18H2,1-3H3,(H,29,30,33,34,35)/t20-,21-/m1/s1. The van der Waals surface area contributed by atoms with Gasteiger partial charge in [-0.25, -0.2) is 24.9 Å². The fourth-order valence-electron chi connectivity index (χ4n) is 4.40. The number of rotatable bonds is 7. The Bertz CT molecular complexity index is 1310. The molecule has 0 amide bonds. The van der Waals surface area contributed by atoms with Crippen molar-refractivity contribution in [2.24, 2.45) is 0 Å². The highest BCUT2D eigenvalue weighted by Gasteiger charge is 2.22. The van der Waals surface area contributed by atoms with Crippen molar-refractivity contribution < 1.29 is 0 Å². The molecule has 0 saturated carbocycles. The molecule has 36 heavy (non-hydrogen) atoms. The molecule has 5 rings (SSSR count). The number of benzene rings is 1. The molecule has 1 fully saturated rings. The van der Waals surface area contributed by atoms with Crippen molar-refractivity contribution in [2.75, 3.05) is 18.4 Å². The first-order valence-electron chi connectivity index (χ1n) is 12.4. The Balaban J connectivity index is 1.23.